The van der Waals surface area contributed by atoms with E-state index in [1.807, 2.05) is 12.1 Å². The molecule has 4 nitrogen and oxygen atoms in total. The van der Waals surface area contributed by atoms with Crippen molar-refractivity contribution in [2.24, 2.45) is 0 Å². The number of pyridine rings is 2. The average Bonchev–Trinajstić information content (AvgIpc) is 3.37. The van der Waals surface area contributed by atoms with E-state index in [1.54, 1.807) is 0 Å². The molecule has 0 N–H and O–H groups in total. The molecule has 0 saturated carbocycles. The van der Waals surface area contributed by atoms with Crippen molar-refractivity contribution in [3.8, 4) is 78.7 Å². The third-order valence-corrected chi connectivity index (χ3v) is 12.2. The summed E-state index contributed by atoms with van der Waals surface area (Å²) in [5, 5.41) is 6.91. The van der Waals surface area contributed by atoms with Crippen molar-refractivity contribution in [2.75, 3.05) is 0 Å². The SMILES string of the molecule is c1ccc(-c2ccc(-c3cc(-c4ccc(-c5ccccc5)cc4)nc(-c4cc(-c5ccc6cc7ccccc7cc6n5)cc(-c5ccc6cc7ccccc7cc6n5)c4)n3)cc2)cc1. The minimum Gasteiger partial charge on any atom is -0.248 e. The minimum atomic E-state index is 0.619. The Morgan fingerprint density at radius 2 is 0.547 bits per heavy atom. The Labute approximate surface area is 370 Å². The van der Waals surface area contributed by atoms with E-state index in [9.17, 15) is 0 Å². The van der Waals surface area contributed by atoms with Crippen molar-refractivity contribution in [3.05, 3.63) is 231 Å². The van der Waals surface area contributed by atoms with Crippen molar-refractivity contribution in [1.29, 1.82) is 0 Å². The van der Waals surface area contributed by atoms with Crippen LogP contribution in [0.3, 0.4) is 0 Å². The van der Waals surface area contributed by atoms with Crippen LogP contribution in [0.2, 0.25) is 0 Å². The van der Waals surface area contributed by atoms with E-state index in [-0.39, 0.29) is 0 Å². The molecule has 3 aromatic heterocycles. The molecular weight excluding hydrogens is 777 g/mol. The largest absolute Gasteiger partial charge is 0.248 e. The van der Waals surface area contributed by atoms with Gasteiger partial charge in [0.1, 0.15) is 0 Å². The first kappa shape index (κ1) is 37.2. The van der Waals surface area contributed by atoms with Gasteiger partial charge in [-0.1, -0.05) is 170 Å². The van der Waals surface area contributed by atoms with Crippen molar-refractivity contribution in [2.45, 2.75) is 0 Å². The second-order valence-corrected chi connectivity index (χ2v) is 16.3. The average molecular weight is 815 g/mol. The smallest absolute Gasteiger partial charge is 0.160 e. The van der Waals surface area contributed by atoms with Crippen LogP contribution in [0, 0.1) is 0 Å². The zero-order valence-electron chi connectivity index (χ0n) is 34.7. The Balaban J connectivity index is 1.04. The molecular formula is C60H38N4. The lowest BCUT2D eigenvalue weighted by molar-refractivity contribution is 1.18. The van der Waals surface area contributed by atoms with Gasteiger partial charge in [-0.3, -0.25) is 0 Å². The number of benzene rings is 9. The monoisotopic (exact) mass is 814 g/mol. The van der Waals surface area contributed by atoms with Crippen molar-refractivity contribution < 1.29 is 0 Å². The molecule has 12 rings (SSSR count). The highest BCUT2D eigenvalue weighted by Crippen LogP contribution is 2.36. The predicted molar refractivity (Wildman–Crippen MR) is 266 cm³/mol. The number of rotatable bonds is 7. The molecule has 4 heteroatoms. The second kappa shape index (κ2) is 15.7. The fraction of sp³-hybridized carbons (Fsp3) is 0. The summed E-state index contributed by atoms with van der Waals surface area (Å²) in [6.45, 7) is 0. The lowest BCUT2D eigenvalue weighted by Crippen LogP contribution is -1.98. The van der Waals surface area contributed by atoms with Crippen LogP contribution in [0.25, 0.3) is 122 Å². The van der Waals surface area contributed by atoms with E-state index in [1.165, 1.54) is 21.9 Å². The topological polar surface area (TPSA) is 51.6 Å². The summed E-state index contributed by atoms with van der Waals surface area (Å²) in [6, 6.07) is 81.1. The summed E-state index contributed by atoms with van der Waals surface area (Å²) in [6.07, 6.45) is 0. The number of hydrogen-bond acceptors (Lipinski definition) is 4. The molecule has 0 aliphatic carbocycles. The predicted octanol–water partition coefficient (Wildman–Crippen LogP) is 15.5. The van der Waals surface area contributed by atoms with Crippen LogP contribution in [0.1, 0.15) is 0 Å². The molecule has 0 unspecified atom stereocenters. The van der Waals surface area contributed by atoms with Gasteiger partial charge in [-0.15, -0.1) is 0 Å². The first-order chi connectivity index (χ1) is 31.6. The van der Waals surface area contributed by atoms with E-state index in [2.05, 4.69) is 218 Å². The first-order valence-electron chi connectivity index (χ1n) is 21.6. The third kappa shape index (κ3) is 7.13. The summed E-state index contributed by atoms with van der Waals surface area (Å²) in [4.78, 5) is 21.3. The van der Waals surface area contributed by atoms with Crippen LogP contribution in [0.4, 0.5) is 0 Å². The highest BCUT2D eigenvalue weighted by molar-refractivity contribution is 5.99. The summed E-state index contributed by atoms with van der Waals surface area (Å²) in [7, 11) is 0. The van der Waals surface area contributed by atoms with E-state index in [0.29, 0.717) is 5.82 Å². The summed E-state index contributed by atoms with van der Waals surface area (Å²) in [5.74, 6) is 0.619. The fourth-order valence-electron chi connectivity index (χ4n) is 8.80. The van der Waals surface area contributed by atoms with E-state index >= 15 is 0 Å². The van der Waals surface area contributed by atoms with Gasteiger partial charge < -0.3 is 0 Å². The number of hydrogen-bond donors (Lipinski definition) is 0. The van der Waals surface area contributed by atoms with E-state index in [0.717, 1.165) is 94.3 Å². The molecule has 64 heavy (non-hydrogen) atoms. The van der Waals surface area contributed by atoms with Crippen molar-refractivity contribution in [1.82, 2.24) is 19.9 Å². The molecule has 0 radical (unpaired) electrons. The van der Waals surface area contributed by atoms with Gasteiger partial charge in [-0.2, -0.15) is 0 Å². The molecule has 0 atom stereocenters. The van der Waals surface area contributed by atoms with Gasteiger partial charge in [0, 0.05) is 38.6 Å². The molecule has 0 aliphatic heterocycles. The summed E-state index contributed by atoms with van der Waals surface area (Å²) < 4.78 is 0. The van der Waals surface area contributed by atoms with Gasteiger partial charge in [0.2, 0.25) is 0 Å². The quantitative estimate of drug-likeness (QED) is 0.150. The van der Waals surface area contributed by atoms with Crippen LogP contribution >= 0.6 is 0 Å². The maximum atomic E-state index is 5.35. The van der Waals surface area contributed by atoms with Crippen LogP contribution in [-0.4, -0.2) is 19.9 Å². The van der Waals surface area contributed by atoms with Crippen LogP contribution < -0.4 is 0 Å². The third-order valence-electron chi connectivity index (χ3n) is 12.2. The highest BCUT2D eigenvalue weighted by Gasteiger charge is 2.16. The molecule has 298 valence electrons. The lowest BCUT2D eigenvalue weighted by atomic mass is 9.98. The van der Waals surface area contributed by atoms with Crippen LogP contribution in [0.15, 0.2) is 231 Å². The van der Waals surface area contributed by atoms with Crippen molar-refractivity contribution in [3.63, 3.8) is 0 Å². The van der Waals surface area contributed by atoms with E-state index < -0.39 is 0 Å². The Morgan fingerprint density at radius 1 is 0.188 bits per heavy atom. The maximum Gasteiger partial charge on any atom is 0.160 e. The summed E-state index contributed by atoms with van der Waals surface area (Å²) >= 11 is 0. The van der Waals surface area contributed by atoms with Gasteiger partial charge in [-0.05, 0) is 104 Å². The molecule has 0 spiro atoms. The van der Waals surface area contributed by atoms with E-state index in [4.69, 9.17) is 19.9 Å². The Kier molecular flexibility index (Phi) is 9.12. The van der Waals surface area contributed by atoms with Crippen molar-refractivity contribution >= 4 is 43.4 Å². The Morgan fingerprint density at radius 3 is 0.984 bits per heavy atom. The standard InChI is InChI=1S/C60H38N4/c1-3-11-39(12-4-1)41-19-23-43(24-20-41)58-38-59(44-25-21-42(22-26-44)40-13-5-2-6-14-40)64-60(63-58)53-34-51(54-29-27-49-31-45-15-7-9-17-47(45)36-56(49)61-54)33-52(35-53)55-30-28-50-32-46-16-8-10-18-48(46)37-57(50)62-55/h1-38H. The van der Waals surface area contributed by atoms with Gasteiger partial charge in [-0.25, -0.2) is 19.9 Å². The molecule has 0 aliphatic rings. The zero-order chi connectivity index (χ0) is 42.4. The van der Waals surface area contributed by atoms with Gasteiger partial charge in [0.15, 0.2) is 5.82 Å². The molecule has 0 bridgehead atoms. The van der Waals surface area contributed by atoms with Gasteiger partial charge >= 0.3 is 0 Å². The Bertz CT molecular complexity index is 3460. The zero-order valence-corrected chi connectivity index (χ0v) is 34.7. The molecule has 3 heterocycles. The first-order valence-corrected chi connectivity index (χ1v) is 21.6. The lowest BCUT2D eigenvalue weighted by Gasteiger charge is -2.14. The number of fused-ring (bicyclic) bond motifs is 4. The second-order valence-electron chi connectivity index (χ2n) is 16.3. The van der Waals surface area contributed by atoms with Crippen LogP contribution in [-0.2, 0) is 0 Å². The molecule has 0 amide bonds. The molecule has 9 aromatic carbocycles. The van der Waals surface area contributed by atoms with Gasteiger partial charge in [0.05, 0.1) is 33.8 Å². The molecule has 0 fully saturated rings. The van der Waals surface area contributed by atoms with Gasteiger partial charge in [0.25, 0.3) is 0 Å². The molecule has 12 aromatic rings. The Hall–Kier alpha value is -8.60. The number of aromatic nitrogens is 4. The minimum absolute atomic E-state index is 0.619. The summed E-state index contributed by atoms with van der Waals surface area (Å²) in [5.41, 5.74) is 14.7. The normalized spacial score (nSPS) is 11.4. The van der Waals surface area contributed by atoms with Crippen LogP contribution in [0.5, 0.6) is 0 Å². The maximum absolute atomic E-state index is 5.35. The number of nitrogens with zero attached hydrogens (tertiary/aromatic N) is 4. The fourth-order valence-corrected chi connectivity index (χ4v) is 8.80. The highest BCUT2D eigenvalue weighted by atomic mass is 14.9. The molecule has 0 saturated heterocycles.